The number of hydrogen-bond donors (Lipinski definition) is 0. The molecule has 0 amide bonds. The van der Waals surface area contributed by atoms with Crippen LogP contribution in [0.1, 0.15) is 9.94 Å². The van der Waals surface area contributed by atoms with E-state index in [1.807, 2.05) is 0 Å². The van der Waals surface area contributed by atoms with Crippen molar-refractivity contribution >= 4 is 0 Å². The van der Waals surface area contributed by atoms with E-state index < -0.39 is 6.98 Å². The fraction of sp³-hybridized carbons (Fsp3) is 0.400. The number of nitrogens with zero attached hydrogens (tertiary/aromatic N) is 2. The highest BCUT2D eigenvalue weighted by Gasteiger charge is 1.83. The Morgan fingerprint density at radius 1 is 2.00 bits per heavy atom. The zero-order valence-electron chi connectivity index (χ0n) is 7.05. The van der Waals surface area contributed by atoms with Crippen molar-refractivity contribution in [2.75, 3.05) is 0 Å². The van der Waals surface area contributed by atoms with Crippen LogP contribution in [0.15, 0.2) is 12.4 Å². The smallest absolute Gasteiger partial charge is 0.105 e. The zero-order valence-corrected chi connectivity index (χ0v) is 4.05. The number of aromatic nitrogens is 2. The minimum atomic E-state index is -2.08. The minimum Gasteiger partial charge on any atom is -0.338 e. The highest BCUT2D eigenvalue weighted by Crippen LogP contribution is 1.86. The van der Waals surface area contributed by atoms with E-state index in [1.54, 1.807) is 6.92 Å². The molecule has 0 fully saturated rings. The molecule has 1 aromatic rings. The molecule has 0 aliphatic heterocycles. The quantitative estimate of drug-likeness (QED) is 0.469. The molecule has 0 saturated carbocycles. The third-order valence-electron chi connectivity index (χ3n) is 0.826. The van der Waals surface area contributed by atoms with Gasteiger partial charge in [0.25, 0.3) is 0 Å². The maximum atomic E-state index is 6.99. The van der Waals surface area contributed by atoms with Gasteiger partial charge in [0.2, 0.25) is 0 Å². The van der Waals surface area contributed by atoms with Crippen LogP contribution < -0.4 is 0 Å². The molecule has 38 valence electrons. The molecule has 7 heavy (non-hydrogen) atoms. The van der Waals surface area contributed by atoms with Gasteiger partial charge in [0.05, 0.1) is 0 Å². The molecule has 0 unspecified atom stereocenters. The standard InChI is InChI=1S/C5H8N2/c1-5-6-3-4-7(5)2/h3-4H,1-2H3/i2D3. The van der Waals surface area contributed by atoms with Crippen molar-refractivity contribution in [3.05, 3.63) is 18.2 Å². The van der Waals surface area contributed by atoms with Crippen LogP contribution in [0, 0.1) is 6.92 Å². The van der Waals surface area contributed by atoms with Gasteiger partial charge in [-0.2, -0.15) is 0 Å². The Morgan fingerprint density at radius 2 is 2.86 bits per heavy atom. The van der Waals surface area contributed by atoms with E-state index in [1.165, 1.54) is 12.4 Å². The summed E-state index contributed by atoms with van der Waals surface area (Å²) in [5.74, 6) is 0.514. The lowest BCUT2D eigenvalue weighted by atomic mass is 10.7. The molecule has 1 rings (SSSR count). The average molecular weight is 99.2 g/mol. The highest BCUT2D eigenvalue weighted by atomic mass is 15.0. The third-order valence-corrected chi connectivity index (χ3v) is 0.826. The van der Waals surface area contributed by atoms with Gasteiger partial charge in [0, 0.05) is 23.5 Å². The molecule has 0 atom stereocenters. The molecular weight excluding hydrogens is 88.1 g/mol. The molecular formula is C5H8N2. The molecule has 0 aromatic carbocycles. The molecule has 2 nitrogen and oxygen atoms in total. The monoisotopic (exact) mass is 99.1 g/mol. The number of rotatable bonds is 0. The van der Waals surface area contributed by atoms with E-state index in [9.17, 15) is 0 Å². The maximum absolute atomic E-state index is 6.99. The van der Waals surface area contributed by atoms with Crippen LogP contribution in [0.4, 0.5) is 0 Å². The van der Waals surface area contributed by atoms with Crippen molar-refractivity contribution in [3.8, 4) is 0 Å². The van der Waals surface area contributed by atoms with Crippen LogP contribution in [0.2, 0.25) is 0 Å². The van der Waals surface area contributed by atoms with Crippen LogP contribution in [0.5, 0.6) is 0 Å². The van der Waals surface area contributed by atoms with E-state index in [2.05, 4.69) is 4.98 Å². The molecule has 0 N–H and O–H groups in total. The third kappa shape index (κ3) is 0.633. The lowest BCUT2D eigenvalue weighted by Crippen LogP contribution is -1.86. The van der Waals surface area contributed by atoms with E-state index in [0.29, 0.717) is 5.82 Å². The summed E-state index contributed by atoms with van der Waals surface area (Å²) >= 11 is 0. The van der Waals surface area contributed by atoms with Crippen LogP contribution in [0.3, 0.4) is 0 Å². The summed E-state index contributed by atoms with van der Waals surface area (Å²) in [4.78, 5) is 3.79. The molecule has 0 spiro atoms. The summed E-state index contributed by atoms with van der Waals surface area (Å²) < 4.78 is 22.1. The van der Waals surface area contributed by atoms with Crippen LogP contribution >= 0.6 is 0 Å². The van der Waals surface area contributed by atoms with Crippen molar-refractivity contribution in [1.29, 1.82) is 0 Å². The second kappa shape index (κ2) is 1.37. The summed E-state index contributed by atoms with van der Waals surface area (Å²) in [6, 6.07) is 0. The Bertz CT molecular complexity index is 225. The van der Waals surface area contributed by atoms with E-state index >= 15 is 0 Å². The SMILES string of the molecule is [2H]C([2H])([2H])n1ccnc1C. The van der Waals surface area contributed by atoms with Gasteiger partial charge in [-0.1, -0.05) is 0 Å². The topological polar surface area (TPSA) is 17.8 Å². The first-order valence-electron chi connectivity index (χ1n) is 3.52. The second-order valence-electron chi connectivity index (χ2n) is 1.34. The maximum Gasteiger partial charge on any atom is 0.105 e. The highest BCUT2D eigenvalue weighted by molar-refractivity contribution is 4.85. The summed E-state index contributed by atoms with van der Waals surface area (Å²) in [6.07, 6.45) is 2.92. The van der Waals surface area contributed by atoms with Gasteiger partial charge < -0.3 is 4.57 Å². The molecule has 1 heterocycles. The minimum absolute atomic E-state index is 0.514. The van der Waals surface area contributed by atoms with Gasteiger partial charge in [-0.05, 0) is 6.92 Å². The summed E-state index contributed by atoms with van der Waals surface area (Å²) in [5, 5.41) is 0. The fourth-order valence-electron chi connectivity index (χ4n) is 0.378. The number of aryl methyl sites for hydroxylation is 2. The molecule has 0 aliphatic rings. The first kappa shape index (κ1) is 1.99. The van der Waals surface area contributed by atoms with Gasteiger partial charge >= 0.3 is 0 Å². The molecule has 0 saturated heterocycles. The van der Waals surface area contributed by atoms with Crippen molar-refractivity contribution < 1.29 is 4.11 Å². The number of hydrogen-bond acceptors (Lipinski definition) is 1. The Balaban J connectivity index is 3.05. The molecule has 1 aromatic heterocycles. The lowest BCUT2D eigenvalue weighted by molar-refractivity contribution is 0.858. The first-order valence-corrected chi connectivity index (χ1v) is 2.02. The van der Waals surface area contributed by atoms with E-state index in [0.717, 1.165) is 4.57 Å². The Labute approximate surface area is 47.0 Å². The largest absolute Gasteiger partial charge is 0.338 e. The van der Waals surface area contributed by atoms with Gasteiger partial charge in [-0.25, -0.2) is 4.98 Å². The Morgan fingerprint density at radius 3 is 3.14 bits per heavy atom. The lowest BCUT2D eigenvalue weighted by Gasteiger charge is -1.87. The van der Waals surface area contributed by atoms with Crippen molar-refractivity contribution in [3.63, 3.8) is 0 Å². The summed E-state index contributed by atoms with van der Waals surface area (Å²) in [5.41, 5.74) is 0. The van der Waals surface area contributed by atoms with Crippen molar-refractivity contribution in [1.82, 2.24) is 9.55 Å². The van der Waals surface area contributed by atoms with Gasteiger partial charge in [-0.15, -0.1) is 0 Å². The second-order valence-corrected chi connectivity index (χ2v) is 1.34. The van der Waals surface area contributed by atoms with Gasteiger partial charge in [0.15, 0.2) is 0 Å². The molecule has 2 heteroatoms. The predicted octanol–water partition coefficient (Wildman–Crippen LogP) is 0.729. The summed E-state index contributed by atoms with van der Waals surface area (Å²) in [6.45, 7) is -0.424. The van der Waals surface area contributed by atoms with E-state index in [4.69, 9.17) is 4.11 Å². The van der Waals surface area contributed by atoms with Gasteiger partial charge in [0.1, 0.15) is 5.82 Å². The molecule has 0 bridgehead atoms. The Kier molecular flexibility index (Phi) is 0.389. The van der Waals surface area contributed by atoms with Crippen LogP contribution in [-0.4, -0.2) is 9.55 Å². The normalized spacial score (nSPS) is 17.6. The molecule has 0 radical (unpaired) electrons. The van der Waals surface area contributed by atoms with Gasteiger partial charge in [-0.3, -0.25) is 0 Å². The summed E-state index contributed by atoms with van der Waals surface area (Å²) in [7, 11) is 0. The van der Waals surface area contributed by atoms with Crippen molar-refractivity contribution in [2.45, 2.75) is 6.92 Å². The van der Waals surface area contributed by atoms with Crippen molar-refractivity contribution in [2.24, 2.45) is 6.98 Å². The fourth-order valence-corrected chi connectivity index (χ4v) is 0.378. The zero-order chi connectivity index (χ0) is 7.78. The average Bonchev–Trinajstić information content (AvgIpc) is 2.11. The van der Waals surface area contributed by atoms with E-state index in [-0.39, 0.29) is 0 Å². The van der Waals surface area contributed by atoms with Crippen LogP contribution in [-0.2, 0) is 6.98 Å². The first-order chi connectivity index (χ1) is 4.52. The van der Waals surface area contributed by atoms with Crippen LogP contribution in [0.25, 0.3) is 0 Å². The molecule has 0 aliphatic carbocycles. The number of imidazole rings is 1. The predicted molar refractivity (Wildman–Crippen MR) is 27.9 cm³/mol. The Hall–Kier alpha value is -0.790.